The van der Waals surface area contributed by atoms with Gasteiger partial charge in [-0.25, -0.2) is 12.8 Å². The van der Waals surface area contributed by atoms with Crippen LogP contribution in [0, 0.1) is 5.82 Å². The zero-order chi connectivity index (χ0) is 18.9. The Morgan fingerprint density at radius 2 is 1.92 bits per heavy atom. The normalized spacial score (nSPS) is 14.3. The molecule has 2 unspecified atom stereocenters. The zero-order valence-corrected chi connectivity index (χ0v) is 18.8. The predicted octanol–water partition coefficient (Wildman–Crippen LogP) is 2.51. The van der Waals surface area contributed by atoms with Crippen LogP contribution < -0.4 is 10.6 Å². The summed E-state index contributed by atoms with van der Waals surface area (Å²) in [5.74, 6) is 0.418. The van der Waals surface area contributed by atoms with Crippen molar-refractivity contribution in [2.45, 2.75) is 32.4 Å². The van der Waals surface area contributed by atoms with Gasteiger partial charge in [0.1, 0.15) is 21.8 Å². The van der Waals surface area contributed by atoms with Crippen molar-refractivity contribution in [1.29, 1.82) is 0 Å². The predicted molar refractivity (Wildman–Crippen MR) is 114 cm³/mol. The highest BCUT2D eigenvalue weighted by molar-refractivity contribution is 14.0. The smallest absolute Gasteiger partial charge is 0.191 e. The van der Waals surface area contributed by atoms with Crippen LogP contribution in [0.1, 0.15) is 31.9 Å². The molecule has 0 amide bonds. The van der Waals surface area contributed by atoms with Gasteiger partial charge in [-0.2, -0.15) is 0 Å². The molecule has 0 saturated heterocycles. The molecule has 1 aromatic carbocycles. The molecule has 1 aromatic rings. The Balaban J connectivity index is 0.00000625. The first-order valence-electron chi connectivity index (χ1n) is 8.26. The second kappa shape index (κ2) is 12.4. The van der Waals surface area contributed by atoms with Crippen molar-refractivity contribution in [3.63, 3.8) is 0 Å². The summed E-state index contributed by atoms with van der Waals surface area (Å²) in [6.07, 6.45) is 1.43. The summed E-state index contributed by atoms with van der Waals surface area (Å²) in [6.45, 7) is 4.90. The van der Waals surface area contributed by atoms with Crippen molar-refractivity contribution in [3.05, 3.63) is 35.6 Å². The van der Waals surface area contributed by atoms with Crippen molar-refractivity contribution in [1.82, 2.24) is 10.6 Å². The van der Waals surface area contributed by atoms with Gasteiger partial charge in [-0.1, -0.05) is 12.1 Å². The molecule has 9 heteroatoms. The molecule has 0 aliphatic rings. The molecule has 2 atom stereocenters. The van der Waals surface area contributed by atoms with Crippen LogP contribution in [-0.2, 0) is 14.6 Å². The van der Waals surface area contributed by atoms with Crippen LogP contribution in [0.2, 0.25) is 0 Å². The van der Waals surface area contributed by atoms with Crippen LogP contribution in [0.4, 0.5) is 4.39 Å². The molecule has 0 spiro atoms. The summed E-state index contributed by atoms with van der Waals surface area (Å²) in [5.41, 5.74) is 0.841. The third-order valence-electron chi connectivity index (χ3n) is 3.59. The maximum Gasteiger partial charge on any atom is 0.191 e. The monoisotopic (exact) mass is 501 g/mol. The minimum Gasteiger partial charge on any atom is -0.375 e. The zero-order valence-electron chi connectivity index (χ0n) is 15.7. The van der Waals surface area contributed by atoms with E-state index >= 15 is 0 Å². The third kappa shape index (κ3) is 10.3. The van der Waals surface area contributed by atoms with Gasteiger partial charge in [0.25, 0.3) is 0 Å². The van der Waals surface area contributed by atoms with Crippen LogP contribution >= 0.6 is 24.0 Å². The highest BCUT2D eigenvalue weighted by atomic mass is 127. The van der Waals surface area contributed by atoms with Gasteiger partial charge in [0.05, 0.1) is 12.3 Å². The molecule has 2 N–H and O–H groups in total. The van der Waals surface area contributed by atoms with E-state index in [0.29, 0.717) is 25.5 Å². The second-order valence-corrected chi connectivity index (χ2v) is 8.22. The number of halogens is 2. The highest BCUT2D eigenvalue weighted by Crippen LogP contribution is 2.17. The molecule has 0 heterocycles. The van der Waals surface area contributed by atoms with Crippen molar-refractivity contribution in [2.75, 3.05) is 32.2 Å². The number of sulfone groups is 1. The standard InChI is InChI=1S/C17H28FN3O3S.HI/c1-5-19-17(21-13(2)10-11-25(4,22)23)20-12-16(24-3)14-6-8-15(18)9-7-14;/h6-9,13,16H,5,10-12H2,1-4H3,(H2,19,20,21);1H. The lowest BCUT2D eigenvalue weighted by Crippen LogP contribution is -2.43. The Morgan fingerprint density at radius 1 is 1.31 bits per heavy atom. The molecule has 0 aliphatic heterocycles. The van der Waals surface area contributed by atoms with Crippen molar-refractivity contribution < 1.29 is 17.5 Å². The lowest BCUT2D eigenvalue weighted by atomic mass is 10.1. The summed E-state index contributed by atoms with van der Waals surface area (Å²) < 4.78 is 41.0. The maximum absolute atomic E-state index is 13.0. The van der Waals surface area contributed by atoms with E-state index in [1.54, 1.807) is 19.2 Å². The molecule has 0 fully saturated rings. The fraction of sp³-hybridized carbons (Fsp3) is 0.588. The van der Waals surface area contributed by atoms with E-state index in [1.807, 2.05) is 13.8 Å². The number of benzene rings is 1. The van der Waals surface area contributed by atoms with Gasteiger partial charge in [0, 0.05) is 26.0 Å². The number of nitrogens with zero attached hydrogens (tertiary/aromatic N) is 1. The Morgan fingerprint density at radius 3 is 2.42 bits per heavy atom. The summed E-state index contributed by atoms with van der Waals surface area (Å²) in [6, 6.07) is 6.09. The van der Waals surface area contributed by atoms with Gasteiger partial charge >= 0.3 is 0 Å². The van der Waals surface area contributed by atoms with E-state index in [2.05, 4.69) is 15.6 Å². The minimum absolute atomic E-state index is 0. The number of guanidine groups is 1. The van der Waals surface area contributed by atoms with Crippen LogP contribution in [0.3, 0.4) is 0 Å². The lowest BCUT2D eigenvalue weighted by molar-refractivity contribution is 0.111. The second-order valence-electron chi connectivity index (χ2n) is 5.96. The van der Waals surface area contributed by atoms with E-state index < -0.39 is 9.84 Å². The van der Waals surface area contributed by atoms with Crippen molar-refractivity contribution in [3.8, 4) is 0 Å². The van der Waals surface area contributed by atoms with Crippen LogP contribution in [0.15, 0.2) is 29.3 Å². The molecule has 0 aliphatic carbocycles. The number of rotatable bonds is 9. The molecule has 150 valence electrons. The lowest BCUT2D eigenvalue weighted by Gasteiger charge is -2.19. The molecule has 0 saturated carbocycles. The van der Waals surface area contributed by atoms with Crippen LogP contribution in [0.25, 0.3) is 0 Å². The van der Waals surface area contributed by atoms with Gasteiger partial charge < -0.3 is 15.4 Å². The molecule has 0 aromatic heterocycles. The number of hydrogen-bond acceptors (Lipinski definition) is 4. The van der Waals surface area contributed by atoms with Crippen LogP contribution in [0.5, 0.6) is 0 Å². The molecule has 0 radical (unpaired) electrons. The first kappa shape index (κ1) is 25.1. The Kier molecular flexibility index (Phi) is 12.0. The fourth-order valence-corrected chi connectivity index (χ4v) is 2.97. The highest BCUT2D eigenvalue weighted by Gasteiger charge is 2.12. The SMILES string of the molecule is CCNC(=NCC(OC)c1ccc(F)cc1)NC(C)CCS(C)(=O)=O.I. The Hall–Kier alpha value is -0.940. The first-order chi connectivity index (χ1) is 11.7. The number of hydrogen-bond donors (Lipinski definition) is 2. The number of nitrogens with one attached hydrogen (secondary N) is 2. The Labute approximate surface area is 172 Å². The van der Waals surface area contributed by atoms with E-state index in [4.69, 9.17) is 4.74 Å². The summed E-state index contributed by atoms with van der Waals surface area (Å²) in [5, 5.41) is 6.31. The molecule has 26 heavy (non-hydrogen) atoms. The van der Waals surface area contributed by atoms with E-state index in [1.165, 1.54) is 18.4 Å². The summed E-state index contributed by atoms with van der Waals surface area (Å²) >= 11 is 0. The first-order valence-corrected chi connectivity index (χ1v) is 10.3. The molecular weight excluding hydrogens is 472 g/mol. The quantitative estimate of drug-likeness (QED) is 0.309. The molecule has 6 nitrogen and oxygen atoms in total. The summed E-state index contributed by atoms with van der Waals surface area (Å²) in [7, 11) is -1.41. The van der Waals surface area contributed by atoms with Gasteiger partial charge in [-0.3, -0.25) is 4.99 Å². The van der Waals surface area contributed by atoms with Gasteiger partial charge in [-0.15, -0.1) is 24.0 Å². The summed E-state index contributed by atoms with van der Waals surface area (Å²) in [4.78, 5) is 4.49. The average Bonchev–Trinajstić information content (AvgIpc) is 2.54. The topological polar surface area (TPSA) is 79.8 Å². The van der Waals surface area contributed by atoms with Crippen molar-refractivity contribution >= 4 is 39.8 Å². The van der Waals surface area contributed by atoms with Gasteiger partial charge in [-0.05, 0) is 38.0 Å². The van der Waals surface area contributed by atoms with Gasteiger partial charge in [0.15, 0.2) is 5.96 Å². The number of ether oxygens (including phenoxy) is 1. The molecule has 1 rings (SSSR count). The van der Waals surface area contributed by atoms with Crippen LogP contribution in [-0.4, -0.2) is 52.6 Å². The maximum atomic E-state index is 13.0. The largest absolute Gasteiger partial charge is 0.375 e. The van der Waals surface area contributed by atoms with Crippen molar-refractivity contribution in [2.24, 2.45) is 4.99 Å². The average molecular weight is 501 g/mol. The third-order valence-corrected chi connectivity index (χ3v) is 4.57. The van der Waals surface area contributed by atoms with E-state index in [0.717, 1.165) is 5.56 Å². The Bertz CT molecular complexity index is 654. The van der Waals surface area contributed by atoms with E-state index in [9.17, 15) is 12.8 Å². The van der Waals surface area contributed by atoms with Gasteiger partial charge in [0.2, 0.25) is 0 Å². The number of aliphatic imine (C=N–C) groups is 1. The minimum atomic E-state index is -2.99. The molecular formula is C17H29FIN3O3S. The number of methoxy groups -OCH3 is 1. The molecule has 0 bridgehead atoms. The fourth-order valence-electron chi connectivity index (χ4n) is 2.18. The van der Waals surface area contributed by atoms with E-state index in [-0.39, 0.29) is 47.7 Å².